The van der Waals surface area contributed by atoms with Gasteiger partial charge in [0.1, 0.15) is 0 Å². The lowest BCUT2D eigenvalue weighted by atomic mass is 9.88. The Morgan fingerprint density at radius 2 is 2.26 bits per heavy atom. The zero-order chi connectivity index (χ0) is 14.1. The smallest absolute Gasteiger partial charge is 0.305 e. The Labute approximate surface area is 117 Å². The first kappa shape index (κ1) is 16.0. The predicted octanol–water partition coefficient (Wildman–Crippen LogP) is 4.80. The Bertz CT molecular complexity index is 335. The monoisotopic (exact) mass is 264 g/mol. The zero-order valence-electron chi connectivity index (χ0n) is 12.7. The Morgan fingerprint density at radius 1 is 1.47 bits per heavy atom. The Kier molecular flexibility index (Phi) is 7.54. The highest BCUT2D eigenvalue weighted by atomic mass is 16.5. The van der Waals surface area contributed by atoms with E-state index >= 15 is 0 Å². The van der Waals surface area contributed by atoms with Gasteiger partial charge in [-0.2, -0.15) is 0 Å². The number of hydrogen-bond acceptors (Lipinski definition) is 2. The first-order valence-corrected chi connectivity index (χ1v) is 7.58. The van der Waals surface area contributed by atoms with Gasteiger partial charge in [-0.1, -0.05) is 30.2 Å². The molecule has 0 aromatic rings. The molecule has 1 rings (SSSR count). The van der Waals surface area contributed by atoms with Gasteiger partial charge in [-0.05, 0) is 58.3 Å². The molecule has 1 aliphatic carbocycles. The topological polar surface area (TPSA) is 26.3 Å². The van der Waals surface area contributed by atoms with E-state index < -0.39 is 0 Å². The highest BCUT2D eigenvalue weighted by Crippen LogP contribution is 2.26. The third-order valence-corrected chi connectivity index (χ3v) is 3.57. The maximum atomic E-state index is 11.3. The summed E-state index contributed by atoms with van der Waals surface area (Å²) in [5.74, 6) is 0.494. The van der Waals surface area contributed by atoms with Crippen LogP contribution < -0.4 is 0 Å². The van der Waals surface area contributed by atoms with Crippen molar-refractivity contribution in [2.24, 2.45) is 5.92 Å². The largest absolute Gasteiger partial charge is 0.465 e. The maximum absolute atomic E-state index is 11.3. The average molecular weight is 264 g/mol. The molecular weight excluding hydrogens is 236 g/mol. The molecule has 0 bridgehead atoms. The number of rotatable bonds is 7. The molecule has 0 saturated heterocycles. The lowest BCUT2D eigenvalue weighted by Gasteiger charge is -2.21. The molecule has 0 saturated carbocycles. The van der Waals surface area contributed by atoms with Crippen molar-refractivity contribution in [3.63, 3.8) is 0 Å². The van der Waals surface area contributed by atoms with Gasteiger partial charge in [-0.15, -0.1) is 0 Å². The summed E-state index contributed by atoms with van der Waals surface area (Å²) in [7, 11) is 0. The van der Waals surface area contributed by atoms with Gasteiger partial charge in [0.15, 0.2) is 0 Å². The van der Waals surface area contributed by atoms with Gasteiger partial charge in [0.25, 0.3) is 0 Å². The first-order valence-electron chi connectivity index (χ1n) is 7.58. The van der Waals surface area contributed by atoms with Gasteiger partial charge in [-0.25, -0.2) is 0 Å². The third-order valence-electron chi connectivity index (χ3n) is 3.57. The van der Waals surface area contributed by atoms with Gasteiger partial charge in [0.2, 0.25) is 0 Å². The number of carbonyl (C=O) groups is 1. The van der Waals surface area contributed by atoms with Crippen LogP contribution in [-0.2, 0) is 9.53 Å². The highest BCUT2D eigenvalue weighted by molar-refractivity contribution is 5.69. The average Bonchev–Trinajstić information content (AvgIpc) is 2.38. The fraction of sp³-hybridized carbons (Fsp3) is 0.706. The minimum absolute atomic E-state index is 0.0409. The minimum atomic E-state index is -0.0409. The molecule has 0 aliphatic heterocycles. The quantitative estimate of drug-likeness (QED) is 0.487. The lowest BCUT2D eigenvalue weighted by molar-refractivity contribution is -0.145. The standard InChI is InChI=1S/C17H28O2/c1-4-6-17(18)19-13-16-11-9-15(10-12-16)8-5-7-14(2)3/h7,9,16H,4-6,8,10-13H2,1-3H3. The van der Waals surface area contributed by atoms with Crippen LogP contribution in [0.5, 0.6) is 0 Å². The van der Waals surface area contributed by atoms with Crippen molar-refractivity contribution in [3.8, 4) is 0 Å². The summed E-state index contributed by atoms with van der Waals surface area (Å²) in [6, 6.07) is 0. The number of esters is 1. The minimum Gasteiger partial charge on any atom is -0.465 e. The van der Waals surface area contributed by atoms with Gasteiger partial charge in [-0.3, -0.25) is 4.79 Å². The Hall–Kier alpha value is -1.05. The fourth-order valence-corrected chi connectivity index (χ4v) is 2.35. The van der Waals surface area contributed by atoms with Crippen molar-refractivity contribution in [3.05, 3.63) is 23.3 Å². The maximum Gasteiger partial charge on any atom is 0.305 e. The highest BCUT2D eigenvalue weighted by Gasteiger charge is 2.15. The molecule has 1 unspecified atom stereocenters. The molecule has 1 atom stereocenters. The molecule has 108 valence electrons. The number of carbonyl (C=O) groups excluding carboxylic acids is 1. The fourth-order valence-electron chi connectivity index (χ4n) is 2.35. The van der Waals surface area contributed by atoms with E-state index in [0.29, 0.717) is 18.9 Å². The molecule has 0 aromatic heterocycles. The molecule has 2 heteroatoms. The van der Waals surface area contributed by atoms with E-state index in [9.17, 15) is 4.79 Å². The first-order chi connectivity index (χ1) is 9.11. The molecular formula is C17H28O2. The molecule has 19 heavy (non-hydrogen) atoms. The summed E-state index contributed by atoms with van der Waals surface area (Å²) in [6.45, 7) is 6.91. The van der Waals surface area contributed by atoms with E-state index in [-0.39, 0.29) is 5.97 Å². The third kappa shape index (κ3) is 7.19. The number of hydrogen-bond donors (Lipinski definition) is 0. The van der Waals surface area contributed by atoms with Crippen LogP contribution in [0.2, 0.25) is 0 Å². The molecule has 0 radical (unpaired) electrons. The molecule has 0 spiro atoms. The van der Waals surface area contributed by atoms with E-state index in [4.69, 9.17) is 4.74 Å². The van der Waals surface area contributed by atoms with Crippen LogP contribution in [0, 0.1) is 5.92 Å². The Balaban J connectivity index is 2.21. The molecule has 0 amide bonds. The van der Waals surface area contributed by atoms with Crippen LogP contribution in [-0.4, -0.2) is 12.6 Å². The van der Waals surface area contributed by atoms with Crippen molar-refractivity contribution in [1.29, 1.82) is 0 Å². The van der Waals surface area contributed by atoms with Crippen molar-refractivity contribution in [1.82, 2.24) is 0 Å². The summed E-state index contributed by atoms with van der Waals surface area (Å²) in [5.41, 5.74) is 2.98. The second kappa shape index (κ2) is 8.95. The van der Waals surface area contributed by atoms with Crippen LogP contribution in [0.1, 0.15) is 65.7 Å². The van der Waals surface area contributed by atoms with Crippen LogP contribution in [0.3, 0.4) is 0 Å². The zero-order valence-corrected chi connectivity index (χ0v) is 12.7. The van der Waals surface area contributed by atoms with Crippen LogP contribution in [0.15, 0.2) is 23.3 Å². The van der Waals surface area contributed by atoms with Crippen molar-refractivity contribution >= 4 is 5.97 Å². The summed E-state index contributed by atoms with van der Waals surface area (Å²) < 4.78 is 5.29. The Morgan fingerprint density at radius 3 is 2.84 bits per heavy atom. The molecule has 1 aliphatic rings. The summed E-state index contributed by atoms with van der Waals surface area (Å²) >= 11 is 0. The number of allylic oxidation sites excluding steroid dienone is 4. The normalized spacial score (nSPS) is 18.7. The van der Waals surface area contributed by atoms with Crippen molar-refractivity contribution in [2.45, 2.75) is 65.7 Å². The number of ether oxygens (including phenoxy) is 1. The summed E-state index contributed by atoms with van der Waals surface area (Å²) in [4.78, 5) is 11.3. The van der Waals surface area contributed by atoms with Crippen molar-refractivity contribution in [2.75, 3.05) is 6.61 Å². The molecule has 0 aromatic carbocycles. The van der Waals surface area contributed by atoms with Gasteiger partial charge in [0.05, 0.1) is 6.61 Å². The second-order valence-corrected chi connectivity index (χ2v) is 5.76. The molecule has 0 heterocycles. The SMILES string of the molecule is CCCC(=O)OCC1CC=C(CCC=C(C)C)CC1. The van der Waals surface area contributed by atoms with Crippen LogP contribution in [0.4, 0.5) is 0 Å². The van der Waals surface area contributed by atoms with Gasteiger partial charge >= 0.3 is 5.97 Å². The molecule has 0 N–H and O–H groups in total. The lowest BCUT2D eigenvalue weighted by Crippen LogP contribution is -2.16. The molecule has 0 fully saturated rings. The van der Waals surface area contributed by atoms with E-state index in [0.717, 1.165) is 19.3 Å². The second-order valence-electron chi connectivity index (χ2n) is 5.76. The summed E-state index contributed by atoms with van der Waals surface area (Å²) in [6.07, 6.45) is 11.8. The van der Waals surface area contributed by atoms with Crippen molar-refractivity contribution < 1.29 is 9.53 Å². The van der Waals surface area contributed by atoms with Crippen LogP contribution in [0.25, 0.3) is 0 Å². The molecule has 2 nitrogen and oxygen atoms in total. The van der Waals surface area contributed by atoms with E-state index in [2.05, 4.69) is 26.0 Å². The van der Waals surface area contributed by atoms with E-state index in [1.54, 1.807) is 5.57 Å². The van der Waals surface area contributed by atoms with Crippen LogP contribution >= 0.6 is 0 Å². The van der Waals surface area contributed by atoms with E-state index in [1.165, 1.54) is 24.8 Å². The predicted molar refractivity (Wildman–Crippen MR) is 80.0 cm³/mol. The van der Waals surface area contributed by atoms with E-state index in [1.807, 2.05) is 6.92 Å². The summed E-state index contributed by atoms with van der Waals surface area (Å²) in [5, 5.41) is 0. The van der Waals surface area contributed by atoms with Gasteiger partial charge < -0.3 is 4.74 Å². The van der Waals surface area contributed by atoms with Gasteiger partial charge in [0, 0.05) is 6.42 Å².